The average molecular weight is 403 g/mol. The zero-order valence-corrected chi connectivity index (χ0v) is 17.7. The molecule has 1 fully saturated rings. The lowest BCUT2D eigenvalue weighted by Crippen LogP contribution is -2.30. The summed E-state index contributed by atoms with van der Waals surface area (Å²) < 4.78 is 0. The van der Waals surface area contributed by atoms with Crippen molar-refractivity contribution in [3.05, 3.63) is 34.9 Å². The second-order valence-electron chi connectivity index (χ2n) is 7.75. The molecule has 1 amide bonds. The van der Waals surface area contributed by atoms with Crippen LogP contribution < -0.4 is 15.5 Å². The number of carbonyl (C=O) groups excluding carboxylic acids is 1. The molecule has 1 aromatic heterocycles. The molecule has 28 heavy (non-hydrogen) atoms. The molecule has 6 heteroatoms. The lowest BCUT2D eigenvalue weighted by atomic mass is 9.89. The second kappa shape index (κ2) is 10.1. The standard InChI is InChI=1S/C22H31ClN4O/c1-24-13-6-14-27(2)20-12-9-17-19(26-20)11-10-18(23)21(17)22(28)25-15-16-7-4-3-5-8-16/h9-12,16,24H,3-8,13-15H2,1-2H3,(H,25,28). The summed E-state index contributed by atoms with van der Waals surface area (Å²) >= 11 is 6.40. The third-order valence-corrected chi connectivity index (χ3v) is 5.94. The monoisotopic (exact) mass is 402 g/mol. The van der Waals surface area contributed by atoms with Gasteiger partial charge in [-0.3, -0.25) is 4.79 Å². The number of nitrogens with zero attached hydrogens (tertiary/aromatic N) is 2. The van der Waals surface area contributed by atoms with Crippen LogP contribution in [0.2, 0.25) is 5.02 Å². The number of benzene rings is 1. The third-order valence-electron chi connectivity index (χ3n) is 5.62. The number of amides is 1. The van der Waals surface area contributed by atoms with Crippen LogP contribution in [0.25, 0.3) is 10.9 Å². The van der Waals surface area contributed by atoms with Gasteiger partial charge in [0.05, 0.1) is 16.1 Å². The smallest absolute Gasteiger partial charge is 0.253 e. The van der Waals surface area contributed by atoms with E-state index in [9.17, 15) is 4.79 Å². The summed E-state index contributed by atoms with van der Waals surface area (Å²) in [5.74, 6) is 1.39. The molecular formula is C22H31ClN4O. The fourth-order valence-electron chi connectivity index (χ4n) is 3.93. The summed E-state index contributed by atoms with van der Waals surface area (Å²) in [5, 5.41) is 7.55. The molecule has 0 atom stereocenters. The molecule has 152 valence electrons. The SMILES string of the molecule is CNCCCN(C)c1ccc2c(C(=O)NCC3CCCCC3)c(Cl)ccc2n1. The van der Waals surface area contributed by atoms with Crippen molar-refractivity contribution in [2.24, 2.45) is 5.92 Å². The molecule has 0 bridgehead atoms. The van der Waals surface area contributed by atoms with Crippen molar-refractivity contribution in [1.29, 1.82) is 0 Å². The highest BCUT2D eigenvalue weighted by Crippen LogP contribution is 2.28. The Bertz CT molecular complexity index is 804. The van der Waals surface area contributed by atoms with Gasteiger partial charge in [-0.05, 0) is 63.0 Å². The Kier molecular flexibility index (Phi) is 7.51. The summed E-state index contributed by atoms with van der Waals surface area (Å²) in [6.45, 7) is 2.62. The van der Waals surface area contributed by atoms with Crippen LogP contribution >= 0.6 is 11.6 Å². The van der Waals surface area contributed by atoms with Crippen LogP contribution in [0.3, 0.4) is 0 Å². The number of halogens is 1. The first kappa shape index (κ1) is 20.9. The molecule has 2 N–H and O–H groups in total. The Morgan fingerprint density at radius 1 is 1.21 bits per heavy atom. The fourth-order valence-corrected chi connectivity index (χ4v) is 4.18. The molecule has 0 radical (unpaired) electrons. The van der Waals surface area contributed by atoms with Crippen LogP contribution in [0.15, 0.2) is 24.3 Å². The van der Waals surface area contributed by atoms with Gasteiger partial charge in [0.25, 0.3) is 5.91 Å². The highest BCUT2D eigenvalue weighted by atomic mass is 35.5. The molecule has 1 aliphatic rings. The Labute approximate surface area is 172 Å². The van der Waals surface area contributed by atoms with E-state index >= 15 is 0 Å². The van der Waals surface area contributed by atoms with Gasteiger partial charge >= 0.3 is 0 Å². The number of hydrogen-bond acceptors (Lipinski definition) is 4. The molecule has 0 spiro atoms. The van der Waals surface area contributed by atoms with Gasteiger partial charge in [-0.25, -0.2) is 4.98 Å². The second-order valence-corrected chi connectivity index (χ2v) is 8.16. The molecule has 0 saturated heterocycles. The summed E-state index contributed by atoms with van der Waals surface area (Å²) in [6.07, 6.45) is 7.30. The number of pyridine rings is 1. The first-order valence-corrected chi connectivity index (χ1v) is 10.7. The maximum atomic E-state index is 12.9. The lowest BCUT2D eigenvalue weighted by Gasteiger charge is -2.22. The van der Waals surface area contributed by atoms with E-state index in [0.29, 0.717) is 16.5 Å². The highest BCUT2D eigenvalue weighted by molar-refractivity contribution is 6.35. The van der Waals surface area contributed by atoms with Gasteiger partial charge in [0, 0.05) is 25.5 Å². The van der Waals surface area contributed by atoms with Crippen molar-refractivity contribution in [3.8, 4) is 0 Å². The van der Waals surface area contributed by atoms with E-state index in [1.807, 2.05) is 32.3 Å². The highest BCUT2D eigenvalue weighted by Gasteiger charge is 2.19. The van der Waals surface area contributed by atoms with Gasteiger partial charge in [-0.15, -0.1) is 0 Å². The number of anilines is 1. The molecule has 1 saturated carbocycles. The van der Waals surface area contributed by atoms with E-state index in [4.69, 9.17) is 16.6 Å². The quantitative estimate of drug-likeness (QED) is 0.648. The predicted molar refractivity (Wildman–Crippen MR) is 117 cm³/mol. The number of hydrogen-bond donors (Lipinski definition) is 2. The predicted octanol–water partition coefficient (Wildman–Crippen LogP) is 4.24. The first-order chi connectivity index (χ1) is 13.6. The van der Waals surface area contributed by atoms with E-state index in [2.05, 4.69) is 15.5 Å². The van der Waals surface area contributed by atoms with Gasteiger partial charge in [0.2, 0.25) is 0 Å². The van der Waals surface area contributed by atoms with Gasteiger partial charge in [0.15, 0.2) is 0 Å². The van der Waals surface area contributed by atoms with Crippen molar-refractivity contribution in [3.63, 3.8) is 0 Å². The molecule has 0 aliphatic heterocycles. The number of fused-ring (bicyclic) bond motifs is 1. The topological polar surface area (TPSA) is 57.3 Å². The van der Waals surface area contributed by atoms with E-state index in [1.165, 1.54) is 32.1 Å². The maximum absolute atomic E-state index is 12.9. The van der Waals surface area contributed by atoms with Gasteiger partial charge in [0.1, 0.15) is 5.82 Å². The Morgan fingerprint density at radius 2 is 2.00 bits per heavy atom. The molecule has 2 aromatic rings. The van der Waals surface area contributed by atoms with Crippen molar-refractivity contribution in [2.45, 2.75) is 38.5 Å². The molecule has 3 rings (SSSR count). The lowest BCUT2D eigenvalue weighted by molar-refractivity contribution is 0.0945. The minimum absolute atomic E-state index is 0.0990. The van der Waals surface area contributed by atoms with Crippen LogP contribution in [0, 0.1) is 5.92 Å². The van der Waals surface area contributed by atoms with E-state index in [0.717, 1.165) is 42.8 Å². The summed E-state index contributed by atoms with van der Waals surface area (Å²) in [5.41, 5.74) is 1.33. The number of carbonyl (C=O) groups is 1. The van der Waals surface area contributed by atoms with Crippen LogP contribution in [-0.2, 0) is 0 Å². The van der Waals surface area contributed by atoms with Gasteiger partial charge in [-0.1, -0.05) is 30.9 Å². The fraction of sp³-hybridized carbons (Fsp3) is 0.545. The van der Waals surface area contributed by atoms with Crippen molar-refractivity contribution >= 4 is 34.2 Å². The van der Waals surface area contributed by atoms with Crippen LogP contribution in [0.1, 0.15) is 48.9 Å². The number of aromatic nitrogens is 1. The van der Waals surface area contributed by atoms with Gasteiger partial charge < -0.3 is 15.5 Å². The van der Waals surface area contributed by atoms with Crippen molar-refractivity contribution in [2.75, 3.05) is 38.6 Å². The molecule has 1 aromatic carbocycles. The third kappa shape index (κ3) is 5.15. The van der Waals surface area contributed by atoms with Crippen LogP contribution in [0.4, 0.5) is 5.82 Å². The maximum Gasteiger partial charge on any atom is 0.253 e. The molecule has 1 heterocycles. The number of rotatable bonds is 8. The first-order valence-electron chi connectivity index (χ1n) is 10.3. The minimum atomic E-state index is -0.0990. The minimum Gasteiger partial charge on any atom is -0.360 e. The molecular weight excluding hydrogens is 372 g/mol. The van der Waals surface area contributed by atoms with E-state index in [1.54, 1.807) is 6.07 Å². The van der Waals surface area contributed by atoms with Crippen LogP contribution in [-0.4, -0.2) is 44.6 Å². The van der Waals surface area contributed by atoms with E-state index in [-0.39, 0.29) is 5.91 Å². The Hall–Kier alpha value is -1.85. The largest absolute Gasteiger partial charge is 0.360 e. The van der Waals surface area contributed by atoms with E-state index < -0.39 is 0 Å². The summed E-state index contributed by atoms with van der Waals surface area (Å²) in [4.78, 5) is 19.8. The summed E-state index contributed by atoms with van der Waals surface area (Å²) in [7, 11) is 4.00. The molecule has 5 nitrogen and oxygen atoms in total. The molecule has 1 aliphatic carbocycles. The molecule has 0 unspecified atom stereocenters. The zero-order valence-electron chi connectivity index (χ0n) is 16.9. The normalized spacial score (nSPS) is 15.0. The van der Waals surface area contributed by atoms with Crippen LogP contribution in [0.5, 0.6) is 0 Å². The van der Waals surface area contributed by atoms with Crippen molar-refractivity contribution in [1.82, 2.24) is 15.6 Å². The average Bonchev–Trinajstić information content (AvgIpc) is 2.72. The Morgan fingerprint density at radius 3 is 2.75 bits per heavy atom. The zero-order chi connectivity index (χ0) is 19.9. The summed E-state index contributed by atoms with van der Waals surface area (Å²) in [6, 6.07) is 7.60. The Balaban J connectivity index is 1.76. The van der Waals surface area contributed by atoms with Gasteiger partial charge in [-0.2, -0.15) is 0 Å². The number of nitrogens with one attached hydrogen (secondary N) is 2. The van der Waals surface area contributed by atoms with Crippen molar-refractivity contribution < 1.29 is 4.79 Å².